The Morgan fingerprint density at radius 2 is 2.00 bits per heavy atom. The van der Waals surface area contributed by atoms with Crippen LogP contribution in [-0.2, 0) is 16.1 Å². The molecule has 1 atom stereocenters. The van der Waals surface area contributed by atoms with Gasteiger partial charge in [0.05, 0.1) is 19.8 Å². The SMILES string of the molecule is Cc1nccn1Cc1ccccc1NC(=O)C(c1cccnc1)N1CCOCC1. The summed E-state index contributed by atoms with van der Waals surface area (Å²) in [5.74, 6) is 0.877. The summed E-state index contributed by atoms with van der Waals surface area (Å²) in [6.45, 7) is 5.29. The summed E-state index contributed by atoms with van der Waals surface area (Å²) in [6, 6.07) is 11.3. The van der Waals surface area contributed by atoms with Crippen molar-refractivity contribution in [1.29, 1.82) is 0 Å². The molecule has 0 saturated carbocycles. The van der Waals surface area contributed by atoms with E-state index in [4.69, 9.17) is 4.74 Å². The van der Waals surface area contributed by atoms with Gasteiger partial charge in [0.25, 0.3) is 0 Å². The van der Waals surface area contributed by atoms with Gasteiger partial charge in [-0.15, -0.1) is 0 Å². The predicted octanol–water partition coefficient (Wildman–Crippen LogP) is 2.65. The number of carbonyl (C=O) groups is 1. The van der Waals surface area contributed by atoms with Gasteiger partial charge in [0.2, 0.25) is 5.91 Å². The summed E-state index contributed by atoms with van der Waals surface area (Å²) in [4.78, 5) is 24.0. The molecule has 1 fully saturated rings. The smallest absolute Gasteiger partial charge is 0.246 e. The largest absolute Gasteiger partial charge is 0.379 e. The number of anilines is 1. The van der Waals surface area contributed by atoms with Crippen molar-refractivity contribution >= 4 is 11.6 Å². The summed E-state index contributed by atoms with van der Waals surface area (Å²) >= 11 is 0. The van der Waals surface area contributed by atoms with Gasteiger partial charge >= 0.3 is 0 Å². The van der Waals surface area contributed by atoms with Gasteiger partial charge < -0.3 is 14.6 Å². The maximum Gasteiger partial charge on any atom is 0.246 e. The van der Waals surface area contributed by atoms with Gasteiger partial charge in [-0.3, -0.25) is 14.7 Å². The van der Waals surface area contributed by atoms with Crippen LogP contribution >= 0.6 is 0 Å². The number of aromatic nitrogens is 3. The van der Waals surface area contributed by atoms with Crippen LogP contribution in [0.15, 0.2) is 61.2 Å². The third-order valence-electron chi connectivity index (χ3n) is 5.20. The van der Waals surface area contributed by atoms with E-state index in [0.29, 0.717) is 32.8 Å². The predicted molar refractivity (Wildman–Crippen MR) is 111 cm³/mol. The van der Waals surface area contributed by atoms with E-state index in [0.717, 1.165) is 22.6 Å². The molecule has 0 radical (unpaired) electrons. The van der Waals surface area contributed by atoms with Crippen LogP contribution in [0.2, 0.25) is 0 Å². The fourth-order valence-electron chi connectivity index (χ4n) is 3.64. The minimum atomic E-state index is -0.407. The summed E-state index contributed by atoms with van der Waals surface area (Å²) in [6.07, 6.45) is 7.22. The lowest BCUT2D eigenvalue weighted by molar-refractivity contribution is -0.123. The van der Waals surface area contributed by atoms with Crippen LogP contribution in [0.5, 0.6) is 0 Å². The second-order valence-corrected chi connectivity index (χ2v) is 7.09. The van der Waals surface area contributed by atoms with Gasteiger partial charge in [0.1, 0.15) is 11.9 Å². The van der Waals surface area contributed by atoms with Crippen LogP contribution in [0.3, 0.4) is 0 Å². The second-order valence-electron chi connectivity index (χ2n) is 7.09. The molecule has 1 saturated heterocycles. The van der Waals surface area contributed by atoms with Crippen molar-refractivity contribution in [2.45, 2.75) is 19.5 Å². The molecular formula is C22H25N5O2. The minimum Gasteiger partial charge on any atom is -0.379 e. The Hall–Kier alpha value is -3.03. The Balaban J connectivity index is 1.59. The molecule has 150 valence electrons. The lowest BCUT2D eigenvalue weighted by atomic mass is 10.1. The van der Waals surface area contributed by atoms with E-state index in [1.807, 2.05) is 49.5 Å². The molecule has 0 bridgehead atoms. The molecule has 1 unspecified atom stereocenters. The van der Waals surface area contributed by atoms with E-state index in [2.05, 4.69) is 24.8 Å². The molecule has 7 nitrogen and oxygen atoms in total. The number of para-hydroxylation sites is 1. The fourth-order valence-corrected chi connectivity index (χ4v) is 3.64. The molecule has 7 heteroatoms. The zero-order valence-corrected chi connectivity index (χ0v) is 16.5. The second kappa shape index (κ2) is 8.98. The molecular weight excluding hydrogens is 366 g/mol. The van der Waals surface area contributed by atoms with Crippen molar-refractivity contribution < 1.29 is 9.53 Å². The quantitative estimate of drug-likeness (QED) is 0.699. The number of carbonyl (C=O) groups excluding carboxylic acids is 1. The first kappa shape index (κ1) is 19.3. The monoisotopic (exact) mass is 391 g/mol. The van der Waals surface area contributed by atoms with Crippen molar-refractivity contribution in [3.63, 3.8) is 0 Å². The third-order valence-corrected chi connectivity index (χ3v) is 5.20. The maximum atomic E-state index is 13.4. The lowest BCUT2D eigenvalue weighted by Gasteiger charge is -2.33. The van der Waals surface area contributed by atoms with E-state index in [1.54, 1.807) is 18.6 Å². The Kier molecular flexibility index (Phi) is 5.97. The Morgan fingerprint density at radius 1 is 1.17 bits per heavy atom. The van der Waals surface area contributed by atoms with Crippen molar-refractivity contribution in [2.24, 2.45) is 0 Å². The number of nitrogens with one attached hydrogen (secondary N) is 1. The van der Waals surface area contributed by atoms with Gasteiger partial charge in [-0.25, -0.2) is 4.98 Å². The first-order valence-corrected chi connectivity index (χ1v) is 9.80. The molecule has 3 heterocycles. The summed E-state index contributed by atoms with van der Waals surface area (Å²) < 4.78 is 7.54. The number of benzene rings is 1. The van der Waals surface area contributed by atoms with Crippen LogP contribution in [-0.4, -0.2) is 51.6 Å². The zero-order valence-electron chi connectivity index (χ0n) is 16.5. The molecule has 29 heavy (non-hydrogen) atoms. The first-order valence-electron chi connectivity index (χ1n) is 9.80. The molecule has 1 aliphatic rings. The average molecular weight is 391 g/mol. The van der Waals surface area contributed by atoms with Gasteiger partial charge in [0, 0.05) is 43.6 Å². The van der Waals surface area contributed by atoms with E-state index >= 15 is 0 Å². The van der Waals surface area contributed by atoms with Crippen LogP contribution in [0.25, 0.3) is 0 Å². The normalized spacial score (nSPS) is 15.8. The van der Waals surface area contributed by atoms with Gasteiger partial charge in [-0.2, -0.15) is 0 Å². The van der Waals surface area contributed by atoms with E-state index in [9.17, 15) is 4.79 Å². The number of hydrogen-bond donors (Lipinski definition) is 1. The number of ether oxygens (including phenoxy) is 1. The lowest BCUT2D eigenvalue weighted by Crippen LogP contribution is -2.44. The van der Waals surface area contributed by atoms with Gasteiger partial charge in [0.15, 0.2) is 0 Å². The number of morpholine rings is 1. The topological polar surface area (TPSA) is 72.3 Å². The van der Waals surface area contributed by atoms with Gasteiger partial charge in [-0.05, 0) is 30.2 Å². The Labute approximate surface area is 170 Å². The molecule has 3 aromatic rings. The molecule has 2 aromatic heterocycles. The van der Waals surface area contributed by atoms with Crippen molar-refractivity contribution in [3.05, 3.63) is 78.1 Å². The number of nitrogens with zero attached hydrogens (tertiary/aromatic N) is 4. The molecule has 1 N–H and O–H groups in total. The fraction of sp³-hybridized carbons (Fsp3) is 0.318. The Morgan fingerprint density at radius 3 is 2.72 bits per heavy atom. The van der Waals surface area contributed by atoms with Crippen LogP contribution in [0, 0.1) is 6.92 Å². The highest BCUT2D eigenvalue weighted by atomic mass is 16.5. The minimum absolute atomic E-state index is 0.0605. The summed E-state index contributed by atoms with van der Waals surface area (Å²) in [5, 5.41) is 3.16. The number of amides is 1. The van der Waals surface area contributed by atoms with E-state index in [-0.39, 0.29) is 5.91 Å². The molecule has 0 aliphatic carbocycles. The summed E-state index contributed by atoms with van der Waals surface area (Å²) in [5.41, 5.74) is 2.73. The zero-order chi connectivity index (χ0) is 20.1. The highest BCUT2D eigenvalue weighted by Crippen LogP contribution is 2.25. The molecule has 1 amide bonds. The average Bonchev–Trinajstić information content (AvgIpc) is 3.16. The highest BCUT2D eigenvalue weighted by Gasteiger charge is 2.29. The number of rotatable bonds is 6. The molecule has 1 aliphatic heterocycles. The number of hydrogen-bond acceptors (Lipinski definition) is 5. The van der Waals surface area contributed by atoms with Crippen molar-refractivity contribution in [2.75, 3.05) is 31.6 Å². The molecule has 1 aromatic carbocycles. The van der Waals surface area contributed by atoms with Crippen molar-refractivity contribution in [1.82, 2.24) is 19.4 Å². The van der Waals surface area contributed by atoms with E-state index in [1.165, 1.54) is 0 Å². The standard InChI is InChI=1S/C22H25N5O2/c1-17-24-9-10-27(17)16-19-5-2-3-7-20(19)25-22(28)21(18-6-4-8-23-15-18)26-11-13-29-14-12-26/h2-10,15,21H,11-14,16H2,1H3,(H,25,28). The van der Waals surface area contributed by atoms with Crippen molar-refractivity contribution in [3.8, 4) is 0 Å². The van der Waals surface area contributed by atoms with Crippen LogP contribution in [0.1, 0.15) is 23.0 Å². The number of pyridine rings is 1. The molecule has 4 rings (SSSR count). The third kappa shape index (κ3) is 4.52. The summed E-state index contributed by atoms with van der Waals surface area (Å²) in [7, 11) is 0. The van der Waals surface area contributed by atoms with Gasteiger partial charge in [-0.1, -0.05) is 24.3 Å². The van der Waals surface area contributed by atoms with Crippen LogP contribution < -0.4 is 5.32 Å². The maximum absolute atomic E-state index is 13.4. The molecule has 0 spiro atoms. The number of imidazole rings is 1. The van der Waals surface area contributed by atoms with E-state index < -0.39 is 6.04 Å². The van der Waals surface area contributed by atoms with Crippen LogP contribution in [0.4, 0.5) is 5.69 Å². The number of aryl methyl sites for hydroxylation is 1. The highest BCUT2D eigenvalue weighted by molar-refractivity contribution is 5.96. The first-order chi connectivity index (χ1) is 14.2. The Bertz CT molecular complexity index is 951.